The summed E-state index contributed by atoms with van der Waals surface area (Å²) in [4.78, 5) is 27.7. The minimum atomic E-state index is -3.61. The lowest BCUT2D eigenvalue weighted by molar-refractivity contribution is 0.0696. The molecule has 1 aromatic carbocycles. The topological polar surface area (TPSA) is 113 Å². The molecule has 2 N–H and O–H groups in total. The predicted molar refractivity (Wildman–Crippen MR) is 90.6 cm³/mol. The van der Waals surface area contributed by atoms with E-state index in [0.29, 0.717) is 4.88 Å². The average Bonchev–Trinajstić information content (AvgIpc) is 2.95. The molecule has 0 bridgehead atoms. The smallest absolute Gasteiger partial charge is 0.335 e. The van der Waals surface area contributed by atoms with Crippen LogP contribution >= 0.6 is 11.3 Å². The first-order valence-electron chi connectivity index (χ1n) is 7.05. The fourth-order valence-electron chi connectivity index (χ4n) is 1.95. The van der Waals surface area contributed by atoms with E-state index in [9.17, 15) is 18.0 Å². The van der Waals surface area contributed by atoms with Crippen molar-refractivity contribution in [3.63, 3.8) is 0 Å². The van der Waals surface area contributed by atoms with E-state index in [1.807, 2.05) is 6.92 Å². The fraction of sp³-hybridized carbons (Fsp3) is 0.267. The molecule has 0 aliphatic heterocycles. The molecule has 1 amide bonds. The van der Waals surface area contributed by atoms with Gasteiger partial charge in [-0.3, -0.25) is 4.79 Å². The van der Waals surface area contributed by atoms with Crippen LogP contribution in [0.3, 0.4) is 0 Å². The number of amides is 1. The molecule has 7 nitrogen and oxygen atoms in total. The lowest BCUT2D eigenvalue weighted by Gasteiger charge is -2.07. The molecule has 0 fully saturated rings. The number of thiazole rings is 1. The van der Waals surface area contributed by atoms with Gasteiger partial charge in [0, 0.05) is 11.9 Å². The molecule has 0 unspecified atom stereocenters. The number of carbonyl (C=O) groups excluding carboxylic acids is 1. The average molecular weight is 368 g/mol. The normalized spacial score (nSPS) is 11.2. The summed E-state index contributed by atoms with van der Waals surface area (Å²) < 4.78 is 23.4. The van der Waals surface area contributed by atoms with Crippen molar-refractivity contribution >= 4 is 38.7 Å². The number of carboxylic acids is 1. The number of hydrogen-bond donors (Lipinski definition) is 2. The van der Waals surface area contributed by atoms with Crippen molar-refractivity contribution in [1.29, 1.82) is 0 Å². The summed E-state index contributed by atoms with van der Waals surface area (Å²) in [7, 11) is -3.61. The van der Waals surface area contributed by atoms with Crippen LogP contribution in [0.4, 0.5) is 5.69 Å². The number of nitrogens with zero attached hydrogens (tertiary/aromatic N) is 1. The molecular formula is C15H16N2O5S2. The lowest BCUT2D eigenvalue weighted by atomic mass is 10.2. The van der Waals surface area contributed by atoms with Crippen molar-refractivity contribution in [3.05, 3.63) is 39.8 Å². The number of nitrogens with one attached hydrogen (secondary N) is 1. The standard InChI is InChI=1S/C15H16N2O5S2/c1-3-4-13-16-8-12(23-13)14(18)17-10-5-9(15(19)20)6-11(7-10)24(2,21)22/h5-8H,3-4H2,1-2H3,(H,17,18)(H,19,20). The highest BCUT2D eigenvalue weighted by molar-refractivity contribution is 7.90. The summed E-state index contributed by atoms with van der Waals surface area (Å²) in [5.41, 5.74) is -0.116. The number of rotatable bonds is 6. The minimum absolute atomic E-state index is 0.103. The number of aromatic nitrogens is 1. The largest absolute Gasteiger partial charge is 0.478 e. The third-order valence-corrected chi connectivity index (χ3v) is 5.23. The van der Waals surface area contributed by atoms with Crippen LogP contribution in [0.15, 0.2) is 29.3 Å². The number of aromatic carboxylic acids is 1. The van der Waals surface area contributed by atoms with E-state index in [4.69, 9.17) is 5.11 Å². The van der Waals surface area contributed by atoms with Crippen LogP contribution in [0, 0.1) is 0 Å². The van der Waals surface area contributed by atoms with E-state index in [0.717, 1.165) is 30.2 Å². The zero-order valence-electron chi connectivity index (χ0n) is 13.1. The first-order valence-corrected chi connectivity index (χ1v) is 9.76. The predicted octanol–water partition coefficient (Wildman–Crippen LogP) is 2.45. The highest BCUT2D eigenvalue weighted by atomic mass is 32.2. The summed E-state index contributed by atoms with van der Waals surface area (Å²) in [6.07, 6.45) is 4.10. The van der Waals surface area contributed by atoms with E-state index < -0.39 is 21.7 Å². The minimum Gasteiger partial charge on any atom is -0.478 e. The van der Waals surface area contributed by atoms with E-state index in [1.54, 1.807) is 0 Å². The Bertz CT molecular complexity index is 887. The van der Waals surface area contributed by atoms with Crippen LogP contribution in [-0.2, 0) is 16.3 Å². The molecular weight excluding hydrogens is 352 g/mol. The van der Waals surface area contributed by atoms with Gasteiger partial charge in [-0.2, -0.15) is 0 Å². The number of sulfone groups is 1. The van der Waals surface area contributed by atoms with Crippen molar-refractivity contribution in [3.8, 4) is 0 Å². The molecule has 0 radical (unpaired) electrons. The van der Waals surface area contributed by atoms with Gasteiger partial charge in [-0.05, 0) is 31.0 Å². The number of hydrogen-bond acceptors (Lipinski definition) is 6. The molecule has 9 heteroatoms. The van der Waals surface area contributed by atoms with Crippen LogP contribution < -0.4 is 5.32 Å². The molecule has 0 saturated heterocycles. The van der Waals surface area contributed by atoms with Gasteiger partial charge in [0.2, 0.25) is 0 Å². The Morgan fingerprint density at radius 2 is 2.00 bits per heavy atom. The highest BCUT2D eigenvalue weighted by Gasteiger charge is 2.16. The molecule has 0 spiro atoms. The molecule has 2 aromatic rings. The van der Waals surface area contributed by atoms with Crippen molar-refractivity contribution in [2.24, 2.45) is 0 Å². The molecule has 0 aliphatic rings. The third kappa shape index (κ3) is 4.39. The number of benzene rings is 1. The highest BCUT2D eigenvalue weighted by Crippen LogP contribution is 2.21. The van der Waals surface area contributed by atoms with Crippen molar-refractivity contribution in [2.45, 2.75) is 24.7 Å². The number of aryl methyl sites for hydroxylation is 1. The number of anilines is 1. The van der Waals surface area contributed by atoms with Crippen molar-refractivity contribution in [1.82, 2.24) is 4.98 Å². The van der Waals surface area contributed by atoms with Crippen LogP contribution in [0.2, 0.25) is 0 Å². The Morgan fingerprint density at radius 1 is 1.29 bits per heavy atom. The Labute approximate surface area is 143 Å². The van der Waals surface area contributed by atoms with Gasteiger partial charge < -0.3 is 10.4 Å². The third-order valence-electron chi connectivity index (χ3n) is 3.08. The van der Waals surface area contributed by atoms with Crippen LogP contribution in [0.1, 0.15) is 38.4 Å². The summed E-state index contributed by atoms with van der Waals surface area (Å²) >= 11 is 1.25. The monoisotopic (exact) mass is 368 g/mol. The van der Waals surface area contributed by atoms with E-state index >= 15 is 0 Å². The molecule has 128 valence electrons. The lowest BCUT2D eigenvalue weighted by Crippen LogP contribution is -2.12. The van der Waals surface area contributed by atoms with Crippen molar-refractivity contribution < 1.29 is 23.1 Å². The van der Waals surface area contributed by atoms with E-state index in [-0.39, 0.29) is 16.1 Å². The molecule has 2 rings (SSSR count). The first-order chi connectivity index (χ1) is 11.2. The van der Waals surface area contributed by atoms with Gasteiger partial charge in [-0.1, -0.05) is 6.92 Å². The Balaban J connectivity index is 2.32. The Morgan fingerprint density at radius 3 is 2.58 bits per heavy atom. The zero-order valence-corrected chi connectivity index (χ0v) is 14.7. The zero-order chi connectivity index (χ0) is 17.9. The van der Waals surface area contributed by atoms with Gasteiger partial charge in [-0.25, -0.2) is 18.2 Å². The van der Waals surface area contributed by atoms with Gasteiger partial charge >= 0.3 is 5.97 Å². The van der Waals surface area contributed by atoms with Gasteiger partial charge in [0.1, 0.15) is 4.88 Å². The summed E-state index contributed by atoms with van der Waals surface area (Å²) in [5.74, 6) is -1.74. The maximum atomic E-state index is 12.2. The summed E-state index contributed by atoms with van der Waals surface area (Å²) in [6, 6.07) is 3.50. The molecule has 0 saturated carbocycles. The number of carboxylic acid groups (broad SMARTS) is 1. The Kier molecular flexibility index (Phi) is 5.35. The molecule has 0 atom stereocenters. The quantitative estimate of drug-likeness (QED) is 0.809. The van der Waals surface area contributed by atoms with Gasteiger partial charge in [-0.15, -0.1) is 11.3 Å². The molecule has 1 aromatic heterocycles. The second kappa shape index (κ2) is 7.10. The fourth-order valence-corrected chi connectivity index (χ4v) is 3.54. The second-order valence-electron chi connectivity index (χ2n) is 5.15. The summed E-state index contributed by atoms with van der Waals surface area (Å²) in [6.45, 7) is 2.01. The van der Waals surface area contributed by atoms with Crippen LogP contribution in [-0.4, -0.2) is 36.6 Å². The molecule has 0 aliphatic carbocycles. The van der Waals surface area contributed by atoms with E-state index in [1.165, 1.54) is 29.7 Å². The SMILES string of the molecule is CCCc1ncc(C(=O)Nc2cc(C(=O)O)cc(S(C)(=O)=O)c2)s1. The number of carbonyl (C=O) groups is 2. The Hall–Kier alpha value is -2.26. The van der Waals surface area contributed by atoms with E-state index in [2.05, 4.69) is 10.3 Å². The van der Waals surface area contributed by atoms with Crippen LogP contribution in [0.5, 0.6) is 0 Å². The first kappa shape index (κ1) is 18.1. The van der Waals surface area contributed by atoms with Gasteiger partial charge in [0.15, 0.2) is 9.84 Å². The second-order valence-corrected chi connectivity index (χ2v) is 8.28. The summed E-state index contributed by atoms with van der Waals surface area (Å²) in [5, 5.41) is 12.5. The maximum absolute atomic E-state index is 12.2. The molecule has 24 heavy (non-hydrogen) atoms. The van der Waals surface area contributed by atoms with Gasteiger partial charge in [0.05, 0.1) is 21.7 Å². The van der Waals surface area contributed by atoms with Gasteiger partial charge in [0.25, 0.3) is 5.91 Å². The van der Waals surface area contributed by atoms with Crippen LogP contribution in [0.25, 0.3) is 0 Å². The molecule has 1 heterocycles. The maximum Gasteiger partial charge on any atom is 0.335 e. The van der Waals surface area contributed by atoms with Crippen molar-refractivity contribution in [2.75, 3.05) is 11.6 Å².